The number of likely N-dealkylation sites (tertiary alicyclic amines) is 1. The lowest BCUT2D eigenvalue weighted by Crippen LogP contribution is -2.48. The van der Waals surface area contributed by atoms with E-state index in [1.165, 1.54) is 0 Å². The molecule has 0 spiro atoms. The molecule has 1 aliphatic rings. The minimum atomic E-state index is -2.71. The normalized spacial score (nSPS) is 24.4. The second-order valence-electron chi connectivity index (χ2n) is 3.17. The fourth-order valence-corrected chi connectivity index (χ4v) is 1.38. The van der Waals surface area contributed by atoms with Gasteiger partial charge in [-0.05, 0) is 20.0 Å². The van der Waals surface area contributed by atoms with Crippen LogP contribution in [0, 0.1) is 5.92 Å². The molecule has 0 radical (unpaired) electrons. The third-order valence-corrected chi connectivity index (χ3v) is 2.16. The average Bonchev–Trinajstić information content (AvgIpc) is 2.22. The Morgan fingerprint density at radius 2 is 1.73 bits per heavy atom. The van der Waals surface area contributed by atoms with Crippen LogP contribution in [-0.2, 0) is 0 Å². The lowest BCUT2D eigenvalue weighted by molar-refractivity contribution is -0.119. The summed E-state index contributed by atoms with van der Waals surface area (Å²) in [5.74, 6) is -3.54. The fraction of sp³-hybridized carbons (Fsp3) is 1.00. The van der Waals surface area contributed by atoms with E-state index in [-0.39, 0.29) is 6.54 Å². The lowest BCUT2D eigenvalue weighted by atomic mass is 9.94. The summed E-state index contributed by atoms with van der Waals surface area (Å²) in [5.41, 5.74) is 0. The van der Waals surface area contributed by atoms with Crippen LogP contribution in [0.15, 0.2) is 0 Å². The van der Waals surface area contributed by atoms with Crippen molar-refractivity contribution in [2.24, 2.45) is 5.92 Å². The Hall–Kier alpha value is -0.220. The van der Waals surface area contributed by atoms with Crippen LogP contribution in [0.3, 0.4) is 0 Å². The number of alkyl halides is 2. The molecule has 1 aliphatic heterocycles. The van der Waals surface area contributed by atoms with E-state index in [0.717, 1.165) is 0 Å². The van der Waals surface area contributed by atoms with E-state index in [0.29, 0.717) is 13.0 Å². The van der Waals surface area contributed by atoms with Crippen LogP contribution in [0.5, 0.6) is 0 Å². The number of aliphatic hydroxyl groups excluding tert-OH is 1. The van der Waals surface area contributed by atoms with Crippen molar-refractivity contribution in [3.63, 3.8) is 0 Å². The van der Waals surface area contributed by atoms with Gasteiger partial charge in [-0.15, -0.1) is 0 Å². The first-order chi connectivity index (χ1) is 7.06. The van der Waals surface area contributed by atoms with Gasteiger partial charge in [-0.1, -0.05) is 27.7 Å². The molecule has 0 saturated carbocycles. The summed E-state index contributed by atoms with van der Waals surface area (Å²) in [4.78, 5) is 1.59. The molecular weight excluding hydrogens is 200 g/mol. The second-order valence-corrected chi connectivity index (χ2v) is 3.17. The molecule has 0 aliphatic carbocycles. The van der Waals surface area contributed by atoms with Crippen molar-refractivity contribution in [2.45, 2.75) is 40.0 Å². The van der Waals surface area contributed by atoms with Crippen LogP contribution in [0.2, 0.25) is 0 Å². The molecule has 0 aromatic rings. The Labute approximate surface area is 92.3 Å². The van der Waals surface area contributed by atoms with Crippen LogP contribution in [0.1, 0.15) is 34.1 Å². The van der Waals surface area contributed by atoms with Gasteiger partial charge in [-0.2, -0.15) is 0 Å². The summed E-state index contributed by atoms with van der Waals surface area (Å²) >= 11 is 0. The Bertz CT molecular complexity index is 143. The number of hydrogen-bond donors (Lipinski definition) is 1. The van der Waals surface area contributed by atoms with E-state index in [2.05, 4.69) is 0 Å². The van der Waals surface area contributed by atoms with Crippen molar-refractivity contribution < 1.29 is 13.9 Å². The number of nitrogens with zero attached hydrogens (tertiary/aromatic N) is 1. The molecule has 15 heavy (non-hydrogen) atoms. The first-order valence-electron chi connectivity index (χ1n) is 5.73. The summed E-state index contributed by atoms with van der Waals surface area (Å²) in [6.45, 7) is 8.03. The van der Waals surface area contributed by atoms with Crippen molar-refractivity contribution >= 4 is 0 Å². The lowest BCUT2D eigenvalue weighted by Gasteiger charge is -2.35. The van der Waals surface area contributed by atoms with E-state index in [4.69, 9.17) is 5.11 Å². The van der Waals surface area contributed by atoms with Gasteiger partial charge in [0.1, 0.15) is 0 Å². The quantitative estimate of drug-likeness (QED) is 0.741. The molecule has 1 atom stereocenters. The van der Waals surface area contributed by atoms with Crippen LogP contribution in [0.25, 0.3) is 0 Å². The van der Waals surface area contributed by atoms with E-state index < -0.39 is 18.4 Å². The first kappa shape index (κ1) is 17.2. The van der Waals surface area contributed by atoms with Crippen LogP contribution >= 0.6 is 0 Å². The third kappa shape index (κ3) is 6.05. The van der Waals surface area contributed by atoms with E-state index >= 15 is 0 Å². The number of rotatable bonds is 1. The van der Waals surface area contributed by atoms with Crippen molar-refractivity contribution in [1.29, 1.82) is 0 Å². The van der Waals surface area contributed by atoms with Gasteiger partial charge >= 0.3 is 0 Å². The van der Waals surface area contributed by atoms with Crippen molar-refractivity contribution in [1.82, 2.24) is 4.90 Å². The fourth-order valence-electron chi connectivity index (χ4n) is 1.38. The number of aliphatic hydroxyl groups is 1. The third-order valence-electron chi connectivity index (χ3n) is 2.16. The van der Waals surface area contributed by atoms with E-state index in [9.17, 15) is 8.78 Å². The summed E-state index contributed by atoms with van der Waals surface area (Å²) in [6.07, 6.45) is 0.389. The Morgan fingerprint density at radius 3 is 2.07 bits per heavy atom. The standard InChI is InChI=1S/C7H13F2NO.2C2H6/c1-10-3-2-6(4-11)7(8,9)5-10;2*1-2/h6,11H,2-5H2,1H3;2*1-2H3. The van der Waals surface area contributed by atoms with Gasteiger partial charge in [-0.3, -0.25) is 0 Å². The van der Waals surface area contributed by atoms with Crippen LogP contribution in [0.4, 0.5) is 8.78 Å². The Morgan fingerprint density at radius 1 is 1.27 bits per heavy atom. The van der Waals surface area contributed by atoms with Gasteiger partial charge in [-0.25, -0.2) is 8.78 Å². The molecule has 1 rings (SSSR count). The van der Waals surface area contributed by atoms with Crippen molar-refractivity contribution in [2.75, 3.05) is 26.7 Å². The first-order valence-corrected chi connectivity index (χ1v) is 5.73. The van der Waals surface area contributed by atoms with Gasteiger partial charge in [0, 0.05) is 5.92 Å². The molecule has 1 heterocycles. The molecule has 1 unspecified atom stereocenters. The molecule has 0 aromatic heterocycles. The highest BCUT2D eigenvalue weighted by Gasteiger charge is 2.42. The molecule has 0 aromatic carbocycles. The molecule has 4 heteroatoms. The highest BCUT2D eigenvalue weighted by Crippen LogP contribution is 2.31. The second kappa shape index (κ2) is 9.04. The average molecular weight is 225 g/mol. The van der Waals surface area contributed by atoms with Gasteiger partial charge < -0.3 is 10.0 Å². The van der Waals surface area contributed by atoms with Gasteiger partial charge in [0.05, 0.1) is 13.2 Å². The minimum absolute atomic E-state index is 0.224. The maximum absolute atomic E-state index is 12.9. The van der Waals surface area contributed by atoms with Crippen molar-refractivity contribution in [3.05, 3.63) is 0 Å². The zero-order valence-corrected chi connectivity index (χ0v) is 10.6. The molecule has 1 saturated heterocycles. The summed E-state index contributed by atoms with van der Waals surface area (Å²) in [6, 6.07) is 0. The number of halogens is 2. The topological polar surface area (TPSA) is 23.5 Å². The summed E-state index contributed by atoms with van der Waals surface area (Å²) in [5, 5.41) is 8.61. The molecule has 2 nitrogen and oxygen atoms in total. The van der Waals surface area contributed by atoms with Crippen LogP contribution in [-0.4, -0.2) is 42.7 Å². The Balaban J connectivity index is 0. The molecule has 94 valence electrons. The maximum atomic E-state index is 12.9. The van der Waals surface area contributed by atoms with E-state index in [1.807, 2.05) is 27.7 Å². The predicted molar refractivity (Wildman–Crippen MR) is 60.3 cm³/mol. The van der Waals surface area contributed by atoms with Gasteiger partial charge in [0.2, 0.25) is 0 Å². The highest BCUT2D eigenvalue weighted by molar-refractivity contribution is 4.84. The predicted octanol–water partition coefficient (Wildman–Crippen LogP) is 2.62. The monoisotopic (exact) mass is 225 g/mol. The number of hydrogen-bond acceptors (Lipinski definition) is 2. The summed E-state index contributed by atoms with van der Waals surface area (Å²) < 4.78 is 25.8. The van der Waals surface area contributed by atoms with Gasteiger partial charge in [0.15, 0.2) is 0 Å². The molecular formula is C11H25F2NO. The zero-order valence-electron chi connectivity index (χ0n) is 10.6. The molecule has 0 amide bonds. The maximum Gasteiger partial charge on any atom is 0.265 e. The van der Waals surface area contributed by atoms with Crippen LogP contribution < -0.4 is 0 Å². The highest BCUT2D eigenvalue weighted by atomic mass is 19.3. The molecule has 1 fully saturated rings. The number of piperidine rings is 1. The van der Waals surface area contributed by atoms with Crippen molar-refractivity contribution in [3.8, 4) is 0 Å². The van der Waals surface area contributed by atoms with E-state index in [1.54, 1.807) is 11.9 Å². The van der Waals surface area contributed by atoms with Gasteiger partial charge in [0.25, 0.3) is 5.92 Å². The smallest absolute Gasteiger partial charge is 0.265 e. The SMILES string of the molecule is CC.CC.CN1CCC(CO)C(F)(F)C1. The zero-order chi connectivity index (χ0) is 12.5. The summed E-state index contributed by atoms with van der Waals surface area (Å²) in [7, 11) is 1.67. The molecule has 0 bridgehead atoms. The minimum Gasteiger partial charge on any atom is -0.396 e. The molecule has 1 N–H and O–H groups in total. The largest absolute Gasteiger partial charge is 0.396 e. The Kier molecular flexibility index (Phi) is 10.4.